The third kappa shape index (κ3) is 2.76. The summed E-state index contributed by atoms with van der Waals surface area (Å²) in [5, 5.41) is 0.240. The van der Waals surface area contributed by atoms with E-state index in [1.54, 1.807) is 19.2 Å². The highest BCUT2D eigenvalue weighted by molar-refractivity contribution is 5.94. The minimum absolute atomic E-state index is 0.0203. The van der Waals surface area contributed by atoms with Crippen molar-refractivity contribution in [3.63, 3.8) is 0 Å². The van der Waals surface area contributed by atoms with E-state index in [1.165, 1.54) is 6.07 Å². The Balaban J connectivity index is 2.31. The lowest BCUT2D eigenvalue weighted by molar-refractivity contribution is 0.0524. The molecule has 5 heteroatoms. The van der Waals surface area contributed by atoms with Gasteiger partial charge in [-0.2, -0.15) is 0 Å². The quantitative estimate of drug-likeness (QED) is 0.806. The molecule has 0 spiro atoms. The predicted octanol–water partition coefficient (Wildman–Crippen LogP) is 3.78. The number of hydrogen-bond donors (Lipinski definition) is 0. The van der Waals surface area contributed by atoms with Crippen LogP contribution in [0.4, 0.5) is 4.39 Å². The van der Waals surface area contributed by atoms with Crippen LogP contribution >= 0.6 is 0 Å². The third-order valence-corrected chi connectivity index (χ3v) is 4.21. The van der Waals surface area contributed by atoms with E-state index in [9.17, 15) is 14.0 Å². The summed E-state index contributed by atoms with van der Waals surface area (Å²) < 4.78 is 21.2. The van der Waals surface area contributed by atoms with E-state index in [1.807, 2.05) is 18.4 Å². The van der Waals surface area contributed by atoms with Crippen LogP contribution in [0.2, 0.25) is 0 Å². The molecule has 0 radical (unpaired) electrons. The molecule has 0 N–H and O–H groups in total. The lowest BCUT2D eigenvalue weighted by Gasteiger charge is -2.15. The molecule has 1 aromatic heterocycles. The Bertz CT molecular complexity index is 834. The molecule has 0 bridgehead atoms. The highest BCUT2D eigenvalue weighted by Gasteiger charge is 2.28. The summed E-state index contributed by atoms with van der Waals surface area (Å²) >= 11 is 0. The van der Waals surface area contributed by atoms with Gasteiger partial charge in [0, 0.05) is 17.6 Å². The van der Waals surface area contributed by atoms with E-state index in [4.69, 9.17) is 4.74 Å². The summed E-state index contributed by atoms with van der Waals surface area (Å²) in [7, 11) is 0. The molecule has 1 heterocycles. The number of fused-ring (bicyclic) bond motifs is 1. The summed E-state index contributed by atoms with van der Waals surface area (Å²) in [4.78, 5) is 24.6. The Kier molecular flexibility index (Phi) is 3.96. The van der Waals surface area contributed by atoms with Crippen molar-refractivity contribution in [1.82, 2.24) is 4.57 Å². The molecule has 1 saturated carbocycles. The van der Waals surface area contributed by atoms with E-state index >= 15 is 0 Å². The average Bonchev–Trinajstić information content (AvgIpc) is 3.32. The first-order valence-corrected chi connectivity index (χ1v) is 7.99. The van der Waals surface area contributed by atoms with Crippen molar-refractivity contribution in [2.75, 3.05) is 6.61 Å². The molecule has 1 aliphatic rings. The molecule has 0 unspecified atom stereocenters. The monoisotopic (exact) mass is 317 g/mol. The number of ether oxygens (including phenoxy) is 1. The van der Waals surface area contributed by atoms with Crippen molar-refractivity contribution in [3.8, 4) is 0 Å². The van der Waals surface area contributed by atoms with Crippen LogP contribution in [0.3, 0.4) is 0 Å². The van der Waals surface area contributed by atoms with Crippen molar-refractivity contribution < 1.29 is 13.9 Å². The molecule has 2 aromatic rings. The van der Waals surface area contributed by atoms with E-state index in [-0.39, 0.29) is 29.5 Å². The fraction of sp³-hybridized carbons (Fsp3) is 0.444. The van der Waals surface area contributed by atoms with Crippen molar-refractivity contribution in [2.45, 2.75) is 45.6 Å². The van der Waals surface area contributed by atoms with Gasteiger partial charge in [-0.15, -0.1) is 0 Å². The van der Waals surface area contributed by atoms with E-state index < -0.39 is 17.2 Å². The molecule has 0 aliphatic heterocycles. The Hall–Kier alpha value is -2.17. The van der Waals surface area contributed by atoms with Crippen LogP contribution in [0.1, 0.15) is 61.5 Å². The van der Waals surface area contributed by atoms with E-state index in [2.05, 4.69) is 0 Å². The minimum atomic E-state index is -0.651. The summed E-state index contributed by atoms with van der Waals surface area (Å²) in [5.41, 5.74) is 0.776. The molecule has 122 valence electrons. The number of esters is 1. The molecule has 0 atom stereocenters. The van der Waals surface area contributed by atoms with Crippen LogP contribution in [0.15, 0.2) is 23.1 Å². The Morgan fingerprint density at radius 1 is 1.39 bits per heavy atom. The van der Waals surface area contributed by atoms with Crippen LogP contribution in [-0.2, 0) is 4.74 Å². The normalized spacial score (nSPS) is 14.5. The number of aromatic nitrogens is 1. The van der Waals surface area contributed by atoms with Crippen molar-refractivity contribution in [3.05, 3.63) is 45.5 Å². The Morgan fingerprint density at radius 3 is 2.65 bits per heavy atom. The largest absolute Gasteiger partial charge is 0.462 e. The maximum Gasteiger partial charge on any atom is 0.343 e. The zero-order valence-corrected chi connectivity index (χ0v) is 13.6. The van der Waals surface area contributed by atoms with Gasteiger partial charge in [-0.3, -0.25) is 4.79 Å². The second-order valence-electron chi connectivity index (χ2n) is 6.28. The SMILES string of the molecule is CCOC(=O)c1cn(C2CC2)c2cc(C(C)C)c(F)cc2c1=O. The second kappa shape index (κ2) is 5.80. The number of carbonyl (C=O) groups excluding carboxylic acids is 1. The van der Waals surface area contributed by atoms with Crippen LogP contribution in [0.5, 0.6) is 0 Å². The third-order valence-electron chi connectivity index (χ3n) is 4.21. The van der Waals surface area contributed by atoms with Gasteiger partial charge in [0.05, 0.1) is 12.1 Å². The predicted molar refractivity (Wildman–Crippen MR) is 86.5 cm³/mol. The highest BCUT2D eigenvalue weighted by atomic mass is 19.1. The van der Waals surface area contributed by atoms with Crippen molar-refractivity contribution in [1.29, 1.82) is 0 Å². The first-order valence-electron chi connectivity index (χ1n) is 7.99. The van der Waals surface area contributed by atoms with Gasteiger partial charge in [0.1, 0.15) is 11.4 Å². The van der Waals surface area contributed by atoms with Crippen LogP contribution in [-0.4, -0.2) is 17.1 Å². The van der Waals surface area contributed by atoms with E-state index in [0.29, 0.717) is 11.1 Å². The second-order valence-corrected chi connectivity index (χ2v) is 6.28. The van der Waals surface area contributed by atoms with Gasteiger partial charge in [0.2, 0.25) is 5.43 Å². The van der Waals surface area contributed by atoms with Gasteiger partial charge in [-0.05, 0) is 43.4 Å². The Morgan fingerprint density at radius 2 is 2.09 bits per heavy atom. The smallest absolute Gasteiger partial charge is 0.343 e. The van der Waals surface area contributed by atoms with E-state index in [0.717, 1.165) is 12.8 Å². The molecular formula is C18H20FNO3. The molecule has 3 rings (SSSR count). The molecule has 23 heavy (non-hydrogen) atoms. The molecule has 1 aliphatic carbocycles. The first-order chi connectivity index (χ1) is 10.9. The molecule has 1 fully saturated rings. The van der Waals surface area contributed by atoms with Gasteiger partial charge in [0.15, 0.2) is 0 Å². The summed E-state index contributed by atoms with van der Waals surface area (Å²) in [6, 6.07) is 3.26. The maximum atomic E-state index is 14.3. The highest BCUT2D eigenvalue weighted by Crippen LogP contribution is 2.37. The van der Waals surface area contributed by atoms with Gasteiger partial charge < -0.3 is 9.30 Å². The lowest BCUT2D eigenvalue weighted by atomic mass is 9.99. The minimum Gasteiger partial charge on any atom is -0.462 e. The number of rotatable bonds is 4. The lowest BCUT2D eigenvalue weighted by Crippen LogP contribution is -2.21. The fourth-order valence-electron chi connectivity index (χ4n) is 2.84. The maximum absolute atomic E-state index is 14.3. The number of carbonyl (C=O) groups is 1. The molecule has 1 aromatic carbocycles. The molecule has 0 amide bonds. The van der Waals surface area contributed by atoms with Crippen LogP contribution in [0, 0.1) is 5.82 Å². The molecular weight excluding hydrogens is 297 g/mol. The number of pyridine rings is 1. The summed E-state index contributed by atoms with van der Waals surface area (Å²) in [6.07, 6.45) is 3.56. The summed E-state index contributed by atoms with van der Waals surface area (Å²) in [5.74, 6) is -1.04. The first kappa shape index (κ1) is 15.7. The molecule has 0 saturated heterocycles. The topological polar surface area (TPSA) is 48.3 Å². The van der Waals surface area contributed by atoms with Gasteiger partial charge in [0.25, 0.3) is 0 Å². The van der Waals surface area contributed by atoms with Crippen LogP contribution in [0.25, 0.3) is 10.9 Å². The van der Waals surface area contributed by atoms with Crippen LogP contribution < -0.4 is 5.43 Å². The number of benzene rings is 1. The fourth-order valence-corrected chi connectivity index (χ4v) is 2.84. The Labute approximate surface area is 133 Å². The molecule has 4 nitrogen and oxygen atoms in total. The van der Waals surface area contributed by atoms with Gasteiger partial charge >= 0.3 is 5.97 Å². The van der Waals surface area contributed by atoms with Gasteiger partial charge in [-0.25, -0.2) is 9.18 Å². The van der Waals surface area contributed by atoms with Crippen molar-refractivity contribution in [2.24, 2.45) is 0 Å². The standard InChI is InChI=1S/C18H20FNO3/c1-4-23-18(22)14-9-20(11-5-6-11)16-8-12(10(2)3)15(19)7-13(16)17(14)21/h7-11H,4-6H2,1-3H3. The zero-order chi connectivity index (χ0) is 16.7. The number of halogens is 1. The van der Waals surface area contributed by atoms with Gasteiger partial charge in [-0.1, -0.05) is 13.8 Å². The summed E-state index contributed by atoms with van der Waals surface area (Å²) in [6.45, 7) is 5.71. The zero-order valence-electron chi connectivity index (χ0n) is 13.6. The van der Waals surface area contributed by atoms with Crippen molar-refractivity contribution >= 4 is 16.9 Å². The number of hydrogen-bond acceptors (Lipinski definition) is 3. The number of nitrogens with zero attached hydrogens (tertiary/aromatic N) is 1. The average molecular weight is 317 g/mol.